The Balaban J connectivity index is 1.97. The van der Waals surface area contributed by atoms with Crippen LogP contribution < -0.4 is 5.32 Å². The Morgan fingerprint density at radius 3 is 2.95 bits per heavy atom. The molecule has 0 saturated heterocycles. The summed E-state index contributed by atoms with van der Waals surface area (Å²) in [6, 6.07) is 7.46. The van der Waals surface area contributed by atoms with Crippen molar-refractivity contribution in [2.45, 2.75) is 24.1 Å². The molecule has 0 aliphatic rings. The number of halogens is 1. The number of anilines is 1. The Kier molecular flexibility index (Phi) is 6.24. The standard InChI is InChI=1S/C13H14IN3OS2/c1-2-3-8-19-13-17-16-12(20-13)15-11(18)9-6-4-5-7-10(9)14/h4-7H,2-3,8H2,1H3,(H,15,16,18). The van der Waals surface area contributed by atoms with E-state index in [-0.39, 0.29) is 5.91 Å². The summed E-state index contributed by atoms with van der Waals surface area (Å²) in [6.07, 6.45) is 2.33. The number of hydrogen-bond acceptors (Lipinski definition) is 5. The number of aromatic nitrogens is 2. The highest BCUT2D eigenvalue weighted by Crippen LogP contribution is 2.26. The molecular weight excluding hydrogens is 405 g/mol. The smallest absolute Gasteiger partial charge is 0.258 e. The van der Waals surface area contributed by atoms with Gasteiger partial charge in [0, 0.05) is 9.32 Å². The molecule has 0 aliphatic carbocycles. The third-order valence-electron chi connectivity index (χ3n) is 2.47. The van der Waals surface area contributed by atoms with Gasteiger partial charge in [-0.25, -0.2) is 0 Å². The Bertz CT molecular complexity index is 589. The van der Waals surface area contributed by atoms with Gasteiger partial charge in [0.1, 0.15) is 0 Å². The number of nitrogens with one attached hydrogen (secondary N) is 1. The molecule has 0 spiro atoms. The summed E-state index contributed by atoms with van der Waals surface area (Å²) in [5, 5.41) is 11.4. The van der Waals surface area contributed by atoms with Gasteiger partial charge in [0.05, 0.1) is 5.56 Å². The maximum absolute atomic E-state index is 12.1. The van der Waals surface area contributed by atoms with Crippen molar-refractivity contribution in [1.29, 1.82) is 0 Å². The molecule has 0 atom stereocenters. The number of hydrogen-bond donors (Lipinski definition) is 1. The normalized spacial score (nSPS) is 10.5. The molecule has 1 aromatic heterocycles. The highest BCUT2D eigenvalue weighted by atomic mass is 127. The van der Waals surface area contributed by atoms with E-state index in [1.54, 1.807) is 17.8 Å². The second kappa shape index (κ2) is 7.94. The molecule has 106 valence electrons. The lowest BCUT2D eigenvalue weighted by atomic mass is 10.2. The number of carbonyl (C=O) groups is 1. The van der Waals surface area contributed by atoms with Crippen molar-refractivity contribution >= 4 is 56.7 Å². The molecule has 4 nitrogen and oxygen atoms in total. The first-order valence-corrected chi connectivity index (χ1v) is 9.11. The molecule has 2 rings (SSSR count). The van der Waals surface area contributed by atoms with E-state index < -0.39 is 0 Å². The molecule has 7 heteroatoms. The summed E-state index contributed by atoms with van der Waals surface area (Å²) < 4.78 is 1.82. The van der Waals surface area contributed by atoms with E-state index in [1.165, 1.54) is 17.8 Å². The van der Waals surface area contributed by atoms with Gasteiger partial charge in [-0.15, -0.1) is 10.2 Å². The molecule has 0 aliphatic heterocycles. The number of rotatable bonds is 6. The van der Waals surface area contributed by atoms with E-state index in [0.717, 1.165) is 20.1 Å². The van der Waals surface area contributed by atoms with Crippen LogP contribution in [0, 0.1) is 3.57 Å². The van der Waals surface area contributed by atoms with E-state index in [9.17, 15) is 4.79 Å². The van der Waals surface area contributed by atoms with E-state index >= 15 is 0 Å². The van der Waals surface area contributed by atoms with Crippen LogP contribution in [0.15, 0.2) is 28.6 Å². The molecule has 2 aromatic rings. The van der Waals surface area contributed by atoms with Crippen LogP contribution in [0.2, 0.25) is 0 Å². The molecule has 0 radical (unpaired) electrons. The van der Waals surface area contributed by atoms with Crippen molar-refractivity contribution in [3.63, 3.8) is 0 Å². The highest BCUT2D eigenvalue weighted by Gasteiger charge is 2.12. The van der Waals surface area contributed by atoms with Gasteiger partial charge in [0.15, 0.2) is 4.34 Å². The number of carbonyl (C=O) groups excluding carboxylic acids is 1. The van der Waals surface area contributed by atoms with Gasteiger partial charge in [-0.3, -0.25) is 10.1 Å². The van der Waals surface area contributed by atoms with Crippen LogP contribution in [0.25, 0.3) is 0 Å². The SMILES string of the molecule is CCCCSc1nnc(NC(=O)c2ccccc2I)s1. The fourth-order valence-corrected chi connectivity index (χ4v) is 3.97. The Hall–Kier alpha value is -0.670. The van der Waals surface area contributed by atoms with Crippen LogP contribution in [0.5, 0.6) is 0 Å². The second-order valence-corrected chi connectivity index (χ2v) is 7.49. The van der Waals surface area contributed by atoms with Crippen LogP contribution in [0.4, 0.5) is 5.13 Å². The lowest BCUT2D eigenvalue weighted by Crippen LogP contribution is -2.13. The lowest BCUT2D eigenvalue weighted by molar-refractivity contribution is 0.102. The van der Waals surface area contributed by atoms with Gasteiger partial charge in [-0.1, -0.05) is 48.6 Å². The summed E-state index contributed by atoms with van der Waals surface area (Å²) in [5.74, 6) is 0.895. The monoisotopic (exact) mass is 419 g/mol. The zero-order valence-corrected chi connectivity index (χ0v) is 14.7. The highest BCUT2D eigenvalue weighted by molar-refractivity contribution is 14.1. The molecule has 1 aromatic carbocycles. The first-order valence-electron chi connectivity index (χ1n) is 6.23. The van der Waals surface area contributed by atoms with Crippen LogP contribution in [-0.4, -0.2) is 21.9 Å². The van der Waals surface area contributed by atoms with Gasteiger partial charge in [-0.05, 0) is 41.1 Å². The molecule has 1 N–H and O–H groups in total. The molecule has 1 heterocycles. The minimum Gasteiger partial charge on any atom is -0.296 e. The van der Waals surface area contributed by atoms with Gasteiger partial charge in [-0.2, -0.15) is 0 Å². The summed E-state index contributed by atoms with van der Waals surface area (Å²) in [5.41, 5.74) is 0.656. The van der Waals surface area contributed by atoms with Crippen LogP contribution in [0.1, 0.15) is 30.1 Å². The molecule has 0 saturated carbocycles. The lowest BCUT2D eigenvalue weighted by Gasteiger charge is -2.02. The Labute approximate surface area is 139 Å². The van der Waals surface area contributed by atoms with Crippen molar-refractivity contribution in [2.75, 3.05) is 11.1 Å². The third-order valence-corrected chi connectivity index (χ3v) is 5.47. The summed E-state index contributed by atoms with van der Waals surface area (Å²) >= 11 is 5.25. The average molecular weight is 419 g/mol. The van der Waals surface area contributed by atoms with E-state index in [4.69, 9.17) is 0 Å². The summed E-state index contributed by atoms with van der Waals surface area (Å²) in [4.78, 5) is 12.1. The van der Waals surface area contributed by atoms with E-state index in [0.29, 0.717) is 10.7 Å². The van der Waals surface area contributed by atoms with Crippen LogP contribution in [-0.2, 0) is 0 Å². The topological polar surface area (TPSA) is 54.9 Å². The van der Waals surface area contributed by atoms with Gasteiger partial charge >= 0.3 is 0 Å². The molecule has 0 unspecified atom stereocenters. The molecule has 20 heavy (non-hydrogen) atoms. The number of thioether (sulfide) groups is 1. The number of benzene rings is 1. The Morgan fingerprint density at radius 2 is 2.20 bits per heavy atom. The second-order valence-electron chi connectivity index (χ2n) is 4.01. The number of nitrogens with zero attached hydrogens (tertiary/aromatic N) is 2. The maximum Gasteiger partial charge on any atom is 0.258 e. The minimum absolute atomic E-state index is 0.142. The minimum atomic E-state index is -0.142. The summed E-state index contributed by atoms with van der Waals surface area (Å²) in [7, 11) is 0. The number of amides is 1. The molecular formula is C13H14IN3OS2. The average Bonchev–Trinajstić information content (AvgIpc) is 2.87. The largest absolute Gasteiger partial charge is 0.296 e. The molecule has 0 bridgehead atoms. The summed E-state index contributed by atoms with van der Waals surface area (Å²) in [6.45, 7) is 2.16. The van der Waals surface area contributed by atoms with Gasteiger partial charge < -0.3 is 0 Å². The third kappa shape index (κ3) is 4.42. The fourth-order valence-electron chi connectivity index (χ4n) is 1.43. The predicted molar refractivity (Wildman–Crippen MR) is 92.7 cm³/mol. The van der Waals surface area contributed by atoms with Crippen LogP contribution in [0.3, 0.4) is 0 Å². The van der Waals surface area contributed by atoms with Crippen molar-refractivity contribution < 1.29 is 4.79 Å². The number of unbranched alkanes of at least 4 members (excludes halogenated alkanes) is 1. The first-order chi connectivity index (χ1) is 9.70. The zero-order chi connectivity index (χ0) is 14.4. The van der Waals surface area contributed by atoms with Crippen molar-refractivity contribution in [1.82, 2.24) is 10.2 Å². The van der Waals surface area contributed by atoms with Gasteiger partial charge in [0.25, 0.3) is 5.91 Å². The molecule has 0 fully saturated rings. The van der Waals surface area contributed by atoms with Crippen molar-refractivity contribution in [2.24, 2.45) is 0 Å². The fraction of sp³-hybridized carbons (Fsp3) is 0.308. The van der Waals surface area contributed by atoms with E-state index in [1.807, 2.05) is 18.2 Å². The van der Waals surface area contributed by atoms with E-state index in [2.05, 4.69) is 45.0 Å². The predicted octanol–water partition coefficient (Wildman–Crippen LogP) is 4.29. The Morgan fingerprint density at radius 1 is 1.40 bits per heavy atom. The van der Waals surface area contributed by atoms with Crippen LogP contribution >= 0.6 is 45.7 Å². The first kappa shape index (κ1) is 15.7. The van der Waals surface area contributed by atoms with Gasteiger partial charge in [0.2, 0.25) is 5.13 Å². The zero-order valence-electron chi connectivity index (χ0n) is 10.9. The molecule has 1 amide bonds. The van der Waals surface area contributed by atoms with Crippen molar-refractivity contribution in [3.05, 3.63) is 33.4 Å². The quantitative estimate of drug-likeness (QED) is 0.329. The maximum atomic E-state index is 12.1. The van der Waals surface area contributed by atoms with Crippen molar-refractivity contribution in [3.8, 4) is 0 Å².